The van der Waals surface area contributed by atoms with Crippen LogP contribution < -0.4 is 4.74 Å². The predicted molar refractivity (Wildman–Crippen MR) is 77.8 cm³/mol. The highest BCUT2D eigenvalue weighted by Crippen LogP contribution is 2.23. The van der Waals surface area contributed by atoms with Gasteiger partial charge >= 0.3 is 0 Å². The van der Waals surface area contributed by atoms with Crippen LogP contribution in [0.15, 0.2) is 24.3 Å². The summed E-state index contributed by atoms with van der Waals surface area (Å²) in [6.45, 7) is 8.32. The van der Waals surface area contributed by atoms with Gasteiger partial charge in [0.25, 0.3) is 0 Å². The van der Waals surface area contributed by atoms with Crippen LogP contribution in [0.2, 0.25) is 0 Å². The summed E-state index contributed by atoms with van der Waals surface area (Å²) < 4.78 is 11.3. The van der Waals surface area contributed by atoms with E-state index in [0.717, 1.165) is 44.8 Å². The highest BCUT2D eigenvalue weighted by Gasteiger charge is 2.32. The van der Waals surface area contributed by atoms with Gasteiger partial charge in [0.15, 0.2) is 0 Å². The Morgan fingerprint density at radius 1 is 1.26 bits per heavy atom. The van der Waals surface area contributed by atoms with Gasteiger partial charge in [-0.3, -0.25) is 0 Å². The van der Waals surface area contributed by atoms with E-state index in [1.54, 1.807) is 0 Å². The molecule has 1 aliphatic rings. The molecule has 0 aromatic heterocycles. The zero-order valence-electron chi connectivity index (χ0n) is 12.3. The van der Waals surface area contributed by atoms with Crippen LogP contribution in [0.25, 0.3) is 0 Å². The summed E-state index contributed by atoms with van der Waals surface area (Å²) in [5, 5.41) is 0. The number of benzene rings is 1. The first-order chi connectivity index (χ1) is 9.11. The Hall–Kier alpha value is -1.06. The lowest BCUT2D eigenvalue weighted by molar-refractivity contribution is 0.0146. The van der Waals surface area contributed by atoms with Gasteiger partial charge in [0, 0.05) is 26.7 Å². The van der Waals surface area contributed by atoms with E-state index in [9.17, 15) is 0 Å². The lowest BCUT2D eigenvalue weighted by Gasteiger charge is -2.22. The van der Waals surface area contributed by atoms with Crippen LogP contribution in [0.4, 0.5) is 0 Å². The number of ether oxygens (including phenoxy) is 2. The molecular formula is C16H25NO2. The maximum atomic E-state index is 5.74. The van der Waals surface area contributed by atoms with Crippen molar-refractivity contribution in [2.45, 2.75) is 32.3 Å². The number of aryl methyl sites for hydroxylation is 1. The molecule has 1 fully saturated rings. The molecule has 106 valence electrons. The Morgan fingerprint density at radius 2 is 2.00 bits per heavy atom. The molecule has 0 aliphatic carbocycles. The average molecular weight is 263 g/mol. The van der Waals surface area contributed by atoms with Gasteiger partial charge in [0.05, 0.1) is 12.2 Å². The highest BCUT2D eigenvalue weighted by molar-refractivity contribution is 5.26. The van der Waals surface area contributed by atoms with Crippen LogP contribution in [0.5, 0.6) is 5.75 Å². The van der Waals surface area contributed by atoms with Crippen molar-refractivity contribution in [1.29, 1.82) is 0 Å². The Bertz CT molecular complexity index is 390. The van der Waals surface area contributed by atoms with E-state index in [-0.39, 0.29) is 5.60 Å². The second kappa shape index (κ2) is 6.40. The Kier molecular flexibility index (Phi) is 4.83. The zero-order chi connectivity index (χ0) is 13.7. The van der Waals surface area contributed by atoms with Crippen molar-refractivity contribution in [2.75, 3.05) is 33.4 Å². The Balaban J connectivity index is 1.64. The first-order valence-corrected chi connectivity index (χ1v) is 7.08. The second-order valence-corrected chi connectivity index (χ2v) is 5.70. The third kappa shape index (κ3) is 4.22. The smallest absolute Gasteiger partial charge is 0.119 e. The van der Waals surface area contributed by atoms with Crippen molar-refractivity contribution >= 4 is 0 Å². The monoisotopic (exact) mass is 263 g/mol. The van der Waals surface area contributed by atoms with Crippen molar-refractivity contribution in [2.24, 2.45) is 0 Å². The van der Waals surface area contributed by atoms with Gasteiger partial charge in [0.2, 0.25) is 0 Å². The van der Waals surface area contributed by atoms with Gasteiger partial charge in [-0.1, -0.05) is 17.7 Å². The number of hydrogen-bond acceptors (Lipinski definition) is 3. The van der Waals surface area contributed by atoms with Crippen molar-refractivity contribution in [3.63, 3.8) is 0 Å². The fourth-order valence-corrected chi connectivity index (χ4v) is 2.50. The minimum absolute atomic E-state index is 0.0534. The van der Waals surface area contributed by atoms with Crippen LogP contribution in [-0.2, 0) is 4.74 Å². The number of methoxy groups -OCH3 is 1. The molecule has 3 nitrogen and oxygen atoms in total. The SMILES string of the molecule is COC1(C)CCN(CCCOc2ccc(C)cc2)C1. The van der Waals surface area contributed by atoms with E-state index in [2.05, 4.69) is 30.9 Å². The Morgan fingerprint density at radius 3 is 2.63 bits per heavy atom. The van der Waals surface area contributed by atoms with E-state index in [1.165, 1.54) is 5.56 Å². The molecule has 3 heteroatoms. The molecule has 19 heavy (non-hydrogen) atoms. The number of rotatable bonds is 6. The zero-order valence-corrected chi connectivity index (χ0v) is 12.3. The summed E-state index contributed by atoms with van der Waals surface area (Å²) >= 11 is 0. The molecule has 1 atom stereocenters. The van der Waals surface area contributed by atoms with Gasteiger partial charge in [-0.2, -0.15) is 0 Å². The van der Waals surface area contributed by atoms with Crippen LogP contribution >= 0.6 is 0 Å². The fraction of sp³-hybridized carbons (Fsp3) is 0.625. The van der Waals surface area contributed by atoms with Gasteiger partial charge in [-0.15, -0.1) is 0 Å². The summed E-state index contributed by atoms with van der Waals surface area (Å²) in [5.74, 6) is 0.966. The van der Waals surface area contributed by atoms with Crippen LogP contribution in [0, 0.1) is 6.92 Å². The molecule has 2 rings (SSSR count). The Labute approximate surface area is 116 Å². The second-order valence-electron chi connectivity index (χ2n) is 5.70. The minimum atomic E-state index is 0.0534. The summed E-state index contributed by atoms with van der Waals surface area (Å²) in [6.07, 6.45) is 2.19. The molecule has 1 aromatic rings. The van der Waals surface area contributed by atoms with Crippen LogP contribution in [0.3, 0.4) is 0 Å². The number of nitrogens with zero attached hydrogens (tertiary/aromatic N) is 1. The normalized spacial score (nSPS) is 23.7. The third-order valence-corrected chi connectivity index (χ3v) is 3.92. The maximum absolute atomic E-state index is 5.74. The van der Waals surface area contributed by atoms with Gasteiger partial charge < -0.3 is 14.4 Å². The van der Waals surface area contributed by atoms with E-state index in [1.807, 2.05) is 19.2 Å². The first-order valence-electron chi connectivity index (χ1n) is 7.08. The van der Waals surface area contributed by atoms with Gasteiger partial charge in [-0.05, 0) is 38.8 Å². The summed E-state index contributed by atoms with van der Waals surface area (Å²) in [4.78, 5) is 2.46. The van der Waals surface area contributed by atoms with E-state index in [0.29, 0.717) is 0 Å². The first kappa shape index (κ1) is 14.4. The molecule has 0 radical (unpaired) electrons. The van der Waals surface area contributed by atoms with Crippen molar-refractivity contribution in [3.05, 3.63) is 29.8 Å². The van der Waals surface area contributed by atoms with Crippen molar-refractivity contribution in [1.82, 2.24) is 4.90 Å². The van der Waals surface area contributed by atoms with Crippen molar-refractivity contribution in [3.8, 4) is 5.75 Å². The molecular weight excluding hydrogens is 238 g/mol. The van der Waals surface area contributed by atoms with E-state index >= 15 is 0 Å². The molecule has 1 aromatic carbocycles. The lowest BCUT2D eigenvalue weighted by Crippen LogP contribution is -2.32. The lowest BCUT2D eigenvalue weighted by atomic mass is 10.1. The quantitative estimate of drug-likeness (QED) is 0.737. The van der Waals surface area contributed by atoms with E-state index in [4.69, 9.17) is 9.47 Å². The molecule has 0 amide bonds. The summed E-state index contributed by atoms with van der Waals surface area (Å²) in [6, 6.07) is 8.24. The minimum Gasteiger partial charge on any atom is -0.494 e. The van der Waals surface area contributed by atoms with Crippen LogP contribution in [-0.4, -0.2) is 43.9 Å². The molecule has 1 saturated heterocycles. The van der Waals surface area contributed by atoms with Gasteiger partial charge in [0.1, 0.15) is 5.75 Å². The molecule has 0 spiro atoms. The van der Waals surface area contributed by atoms with Gasteiger partial charge in [-0.25, -0.2) is 0 Å². The molecule has 0 N–H and O–H groups in total. The number of likely N-dealkylation sites (tertiary alicyclic amines) is 1. The molecule has 1 aliphatic heterocycles. The molecule has 0 bridgehead atoms. The highest BCUT2D eigenvalue weighted by atomic mass is 16.5. The molecule has 0 saturated carbocycles. The third-order valence-electron chi connectivity index (χ3n) is 3.92. The van der Waals surface area contributed by atoms with E-state index < -0.39 is 0 Å². The topological polar surface area (TPSA) is 21.7 Å². The fourth-order valence-electron chi connectivity index (χ4n) is 2.50. The largest absolute Gasteiger partial charge is 0.494 e. The van der Waals surface area contributed by atoms with Crippen molar-refractivity contribution < 1.29 is 9.47 Å². The summed E-state index contributed by atoms with van der Waals surface area (Å²) in [7, 11) is 1.81. The van der Waals surface area contributed by atoms with Crippen LogP contribution in [0.1, 0.15) is 25.3 Å². The summed E-state index contributed by atoms with van der Waals surface area (Å²) in [5.41, 5.74) is 1.32. The maximum Gasteiger partial charge on any atom is 0.119 e. The molecule has 1 heterocycles. The predicted octanol–water partition coefficient (Wildman–Crippen LogP) is 2.87. The standard InChI is InChI=1S/C16H25NO2/c1-14-5-7-15(8-6-14)19-12-4-10-17-11-9-16(2,13-17)18-3/h5-8H,4,9-13H2,1-3H3. The average Bonchev–Trinajstić information content (AvgIpc) is 2.79. The molecule has 1 unspecified atom stereocenters. The number of hydrogen-bond donors (Lipinski definition) is 0.